The maximum Gasteiger partial charge on any atom is 0.317 e. The van der Waals surface area contributed by atoms with Crippen LogP contribution in [0.2, 0.25) is 0 Å². The molecular formula is C16H20N4O. The molecule has 2 amide bonds. The van der Waals surface area contributed by atoms with Gasteiger partial charge in [-0.05, 0) is 36.6 Å². The fourth-order valence-electron chi connectivity index (χ4n) is 2.71. The summed E-state index contributed by atoms with van der Waals surface area (Å²) in [5, 5.41) is 4.05. The summed E-state index contributed by atoms with van der Waals surface area (Å²) in [6.45, 7) is 2.71. The number of carbonyl (C=O) groups excluding carboxylic acids is 1. The Morgan fingerprint density at radius 1 is 1.43 bits per heavy atom. The van der Waals surface area contributed by atoms with E-state index in [-0.39, 0.29) is 6.03 Å². The Morgan fingerprint density at radius 2 is 2.29 bits per heavy atom. The summed E-state index contributed by atoms with van der Waals surface area (Å²) in [7, 11) is 0. The smallest absolute Gasteiger partial charge is 0.317 e. The van der Waals surface area contributed by atoms with Crippen molar-refractivity contribution in [1.82, 2.24) is 15.2 Å². The van der Waals surface area contributed by atoms with Gasteiger partial charge in [0.2, 0.25) is 0 Å². The molecule has 21 heavy (non-hydrogen) atoms. The molecule has 110 valence electrons. The second kappa shape index (κ2) is 6.10. The summed E-state index contributed by atoms with van der Waals surface area (Å²) in [5.74, 6) is 0.443. The van der Waals surface area contributed by atoms with Crippen molar-refractivity contribution in [3.05, 3.63) is 42.1 Å². The van der Waals surface area contributed by atoms with Crippen LogP contribution in [0.3, 0.4) is 0 Å². The number of nitrogens with two attached hydrogens (primary N) is 1. The van der Waals surface area contributed by atoms with Gasteiger partial charge in [-0.1, -0.05) is 18.2 Å². The number of para-hydroxylation sites is 1. The summed E-state index contributed by atoms with van der Waals surface area (Å²) in [6, 6.07) is 10.0. The molecule has 0 aliphatic carbocycles. The van der Waals surface area contributed by atoms with E-state index >= 15 is 0 Å². The lowest BCUT2D eigenvalue weighted by Gasteiger charge is -2.17. The van der Waals surface area contributed by atoms with Crippen LogP contribution in [0.4, 0.5) is 4.79 Å². The van der Waals surface area contributed by atoms with E-state index in [2.05, 4.69) is 16.4 Å². The fraction of sp³-hybridized carbons (Fsp3) is 0.375. The van der Waals surface area contributed by atoms with Gasteiger partial charge in [-0.3, -0.25) is 4.98 Å². The van der Waals surface area contributed by atoms with Gasteiger partial charge in [0, 0.05) is 31.2 Å². The molecule has 5 nitrogen and oxygen atoms in total. The van der Waals surface area contributed by atoms with Gasteiger partial charge >= 0.3 is 6.03 Å². The van der Waals surface area contributed by atoms with Gasteiger partial charge in [-0.25, -0.2) is 4.79 Å². The highest BCUT2D eigenvalue weighted by atomic mass is 16.2. The largest absolute Gasteiger partial charge is 0.334 e. The van der Waals surface area contributed by atoms with E-state index in [4.69, 9.17) is 5.73 Å². The Morgan fingerprint density at radius 3 is 3.10 bits per heavy atom. The van der Waals surface area contributed by atoms with Crippen molar-refractivity contribution in [3.63, 3.8) is 0 Å². The second-order valence-electron chi connectivity index (χ2n) is 5.53. The van der Waals surface area contributed by atoms with Crippen molar-refractivity contribution >= 4 is 16.9 Å². The first-order valence-electron chi connectivity index (χ1n) is 7.33. The predicted molar refractivity (Wildman–Crippen MR) is 82.7 cm³/mol. The van der Waals surface area contributed by atoms with E-state index in [0.29, 0.717) is 19.0 Å². The van der Waals surface area contributed by atoms with E-state index < -0.39 is 0 Å². The topological polar surface area (TPSA) is 71.2 Å². The zero-order valence-corrected chi connectivity index (χ0v) is 12.0. The summed E-state index contributed by atoms with van der Waals surface area (Å²) in [5.41, 5.74) is 7.63. The average molecular weight is 284 g/mol. The molecule has 1 aromatic carbocycles. The Hall–Kier alpha value is -2.14. The molecule has 1 aliphatic heterocycles. The van der Waals surface area contributed by atoms with Crippen LogP contribution in [0.1, 0.15) is 12.0 Å². The number of rotatable bonds is 3. The number of benzene rings is 1. The van der Waals surface area contributed by atoms with Crippen molar-refractivity contribution in [2.75, 3.05) is 19.6 Å². The highest BCUT2D eigenvalue weighted by Crippen LogP contribution is 2.15. The lowest BCUT2D eigenvalue weighted by Crippen LogP contribution is -2.38. The molecule has 0 radical (unpaired) electrons. The lowest BCUT2D eigenvalue weighted by molar-refractivity contribution is 0.206. The molecule has 3 rings (SSSR count). The lowest BCUT2D eigenvalue weighted by atomic mass is 10.1. The Bertz CT molecular complexity index is 643. The molecule has 1 unspecified atom stereocenters. The first kappa shape index (κ1) is 13.8. The van der Waals surface area contributed by atoms with Crippen LogP contribution in [0, 0.1) is 5.92 Å². The van der Waals surface area contributed by atoms with Gasteiger partial charge in [0.05, 0.1) is 5.52 Å². The van der Waals surface area contributed by atoms with Crippen LogP contribution in [0.25, 0.3) is 10.9 Å². The zero-order chi connectivity index (χ0) is 14.7. The minimum absolute atomic E-state index is 0.0147. The molecular weight excluding hydrogens is 264 g/mol. The molecule has 2 heterocycles. The Balaban J connectivity index is 1.60. The molecule has 1 saturated heterocycles. The van der Waals surface area contributed by atoms with Crippen molar-refractivity contribution in [2.24, 2.45) is 11.7 Å². The third-order valence-electron chi connectivity index (χ3n) is 4.00. The van der Waals surface area contributed by atoms with Crippen LogP contribution in [-0.4, -0.2) is 35.5 Å². The molecule has 0 saturated carbocycles. The van der Waals surface area contributed by atoms with Crippen LogP contribution in [0.15, 0.2) is 36.5 Å². The summed E-state index contributed by atoms with van der Waals surface area (Å²) in [6.07, 6.45) is 2.82. The maximum absolute atomic E-state index is 12.1. The normalized spacial score (nSPS) is 18.1. The molecule has 3 N–H and O–H groups in total. The molecule has 1 fully saturated rings. The quantitative estimate of drug-likeness (QED) is 0.901. The van der Waals surface area contributed by atoms with E-state index in [1.54, 1.807) is 0 Å². The van der Waals surface area contributed by atoms with Crippen molar-refractivity contribution < 1.29 is 4.79 Å². The first-order chi connectivity index (χ1) is 10.3. The van der Waals surface area contributed by atoms with Gasteiger partial charge in [-0.2, -0.15) is 0 Å². The monoisotopic (exact) mass is 284 g/mol. The van der Waals surface area contributed by atoms with Crippen LogP contribution >= 0.6 is 0 Å². The number of pyridine rings is 1. The van der Waals surface area contributed by atoms with Gasteiger partial charge in [0.25, 0.3) is 0 Å². The molecule has 1 aliphatic rings. The van der Waals surface area contributed by atoms with E-state index in [1.165, 1.54) is 0 Å². The third kappa shape index (κ3) is 3.13. The minimum atomic E-state index is -0.0147. The molecule has 0 bridgehead atoms. The minimum Gasteiger partial charge on any atom is -0.334 e. The number of carbonyl (C=O) groups is 1. The highest BCUT2D eigenvalue weighted by Gasteiger charge is 2.24. The van der Waals surface area contributed by atoms with Crippen molar-refractivity contribution in [3.8, 4) is 0 Å². The number of nitrogens with zero attached hydrogens (tertiary/aromatic N) is 2. The summed E-state index contributed by atoms with van der Waals surface area (Å²) >= 11 is 0. The van der Waals surface area contributed by atoms with Crippen molar-refractivity contribution in [2.45, 2.75) is 13.0 Å². The van der Waals surface area contributed by atoms with Gasteiger partial charge < -0.3 is 16.0 Å². The molecule has 0 spiro atoms. The molecule has 1 atom stereocenters. The first-order valence-corrected chi connectivity index (χ1v) is 7.33. The standard InChI is InChI=1S/C16H20N4O/c17-8-12-5-6-20(11-12)16(21)19-10-13-7-14-3-1-2-4-15(14)18-9-13/h1-4,7,9,12H,5-6,8,10-11,17H2,(H,19,21). The Kier molecular flexibility index (Phi) is 4.01. The van der Waals surface area contributed by atoms with Crippen molar-refractivity contribution in [1.29, 1.82) is 0 Å². The molecule has 2 aromatic rings. The van der Waals surface area contributed by atoms with E-state index in [1.807, 2.05) is 35.4 Å². The van der Waals surface area contributed by atoms with Gasteiger partial charge in [-0.15, -0.1) is 0 Å². The summed E-state index contributed by atoms with van der Waals surface area (Å²) in [4.78, 5) is 18.3. The Labute approximate surface area is 124 Å². The highest BCUT2D eigenvalue weighted by molar-refractivity contribution is 5.79. The number of aromatic nitrogens is 1. The molecule has 5 heteroatoms. The number of fused-ring (bicyclic) bond motifs is 1. The maximum atomic E-state index is 12.1. The van der Waals surface area contributed by atoms with E-state index in [0.717, 1.165) is 36.0 Å². The second-order valence-corrected chi connectivity index (χ2v) is 5.53. The average Bonchev–Trinajstić information content (AvgIpc) is 3.01. The van der Waals surface area contributed by atoms with Crippen LogP contribution < -0.4 is 11.1 Å². The number of hydrogen-bond acceptors (Lipinski definition) is 3. The number of amides is 2. The van der Waals surface area contributed by atoms with Crippen LogP contribution in [0.5, 0.6) is 0 Å². The van der Waals surface area contributed by atoms with E-state index in [9.17, 15) is 4.79 Å². The number of likely N-dealkylation sites (tertiary alicyclic amines) is 1. The van der Waals surface area contributed by atoms with Gasteiger partial charge in [0.1, 0.15) is 0 Å². The third-order valence-corrected chi connectivity index (χ3v) is 4.00. The zero-order valence-electron chi connectivity index (χ0n) is 12.0. The fourth-order valence-corrected chi connectivity index (χ4v) is 2.71. The molecule has 1 aromatic heterocycles. The number of urea groups is 1. The summed E-state index contributed by atoms with van der Waals surface area (Å²) < 4.78 is 0. The predicted octanol–water partition coefficient (Wildman–Crippen LogP) is 1.72. The van der Waals surface area contributed by atoms with Gasteiger partial charge in [0.15, 0.2) is 0 Å². The SMILES string of the molecule is NCC1CCN(C(=O)NCc2cnc3ccccc3c2)C1. The number of hydrogen-bond donors (Lipinski definition) is 2. The number of nitrogens with one attached hydrogen (secondary N) is 1. The van der Waals surface area contributed by atoms with Crippen LogP contribution in [-0.2, 0) is 6.54 Å².